The number of rotatable bonds is 4. The number of aliphatic hydroxyl groups excluding tert-OH is 1. The van der Waals surface area contributed by atoms with E-state index in [4.69, 9.17) is 31.5 Å². The van der Waals surface area contributed by atoms with Crippen molar-refractivity contribution in [2.45, 2.75) is 75.8 Å². The van der Waals surface area contributed by atoms with E-state index in [2.05, 4.69) is 0 Å². The van der Waals surface area contributed by atoms with Gasteiger partial charge in [-0.3, -0.25) is 4.79 Å². The molecule has 3 aromatic carbocycles. The number of likely N-dealkylation sites (tertiary alicyclic amines) is 1. The normalized spacial score (nSPS) is 24.7. The minimum absolute atomic E-state index is 0.0482. The Morgan fingerprint density at radius 2 is 1.87 bits per heavy atom. The predicted molar refractivity (Wildman–Crippen MR) is 171 cm³/mol. The summed E-state index contributed by atoms with van der Waals surface area (Å²) >= 11 is 6.71. The lowest BCUT2D eigenvalue weighted by molar-refractivity contribution is -0.0216. The molecule has 0 radical (unpaired) electrons. The van der Waals surface area contributed by atoms with Crippen LogP contribution in [0.5, 0.6) is 11.5 Å². The number of fused-ring (bicyclic) bond motifs is 4. The number of halogens is 3. The number of benzene rings is 3. The number of carbonyl (C=O) groups excluding carboxylic acids is 2. The third-order valence-corrected chi connectivity index (χ3v) is 9.90. The van der Waals surface area contributed by atoms with Gasteiger partial charge in [0.2, 0.25) is 5.91 Å². The van der Waals surface area contributed by atoms with Crippen LogP contribution in [0.2, 0.25) is 5.02 Å². The van der Waals surface area contributed by atoms with Gasteiger partial charge in [-0.25, -0.2) is 13.6 Å². The first-order valence-corrected chi connectivity index (χ1v) is 16.2. The Balaban J connectivity index is 1.42. The highest BCUT2D eigenvalue weighted by molar-refractivity contribution is 6.34. The molecule has 0 saturated carbocycles. The summed E-state index contributed by atoms with van der Waals surface area (Å²) in [5.74, 6) is -2.48. The summed E-state index contributed by atoms with van der Waals surface area (Å²) in [6, 6.07) is 11.0. The molecule has 0 aliphatic carbocycles. The molecule has 0 aromatic heterocycles. The van der Waals surface area contributed by atoms with Crippen molar-refractivity contribution in [2.75, 3.05) is 24.6 Å². The van der Waals surface area contributed by atoms with Crippen molar-refractivity contribution < 1.29 is 37.7 Å². The van der Waals surface area contributed by atoms with Crippen molar-refractivity contribution in [3.63, 3.8) is 0 Å². The lowest BCUT2D eigenvalue weighted by Crippen LogP contribution is -2.53. The molecule has 4 aliphatic rings. The minimum atomic E-state index is -1.23. The van der Waals surface area contributed by atoms with Gasteiger partial charge < -0.3 is 34.9 Å². The topological polar surface area (TPSA) is 115 Å². The predicted octanol–water partition coefficient (Wildman–Crippen LogP) is 5.95. The third kappa shape index (κ3) is 5.14. The van der Waals surface area contributed by atoms with Gasteiger partial charge in [0.15, 0.2) is 11.4 Å². The average molecular weight is 668 g/mol. The molecule has 3 N–H and O–H groups in total. The standard InChI is InChI=1S/C35H36ClF2N3O6/c1-34(2,3)47-33(44)40-11-7-10-26(40)35(18-8-5-4-6-9-18)15-22-24(46-35)14-23(37)29(36)27(22)28-21(32(39)43)13-25-31(30(28)38)41-16-20(42)12-19(41)17-45-25/h4-6,8-9,13-14,19-20,26,42H,7,10-12,15-17H2,1-3H3,(H2,39,43)/t19-,20+,26-,35-/m0/s1. The van der Waals surface area contributed by atoms with Gasteiger partial charge in [0.1, 0.15) is 35.2 Å². The second-order valence-corrected chi connectivity index (χ2v) is 14.1. The van der Waals surface area contributed by atoms with E-state index in [1.807, 2.05) is 30.3 Å². The molecule has 9 nitrogen and oxygen atoms in total. The molecule has 3 aromatic rings. The van der Waals surface area contributed by atoms with Crippen molar-refractivity contribution in [1.82, 2.24) is 4.90 Å². The average Bonchev–Trinajstić information content (AvgIpc) is 3.74. The van der Waals surface area contributed by atoms with Crippen LogP contribution in [-0.2, 0) is 16.8 Å². The third-order valence-electron chi connectivity index (χ3n) is 9.53. The van der Waals surface area contributed by atoms with Crippen LogP contribution in [-0.4, -0.2) is 65.5 Å². The Morgan fingerprint density at radius 3 is 2.57 bits per heavy atom. The lowest BCUT2D eigenvalue weighted by atomic mass is 9.79. The van der Waals surface area contributed by atoms with E-state index in [0.717, 1.165) is 11.6 Å². The van der Waals surface area contributed by atoms with E-state index in [9.17, 15) is 14.7 Å². The van der Waals surface area contributed by atoms with Crippen molar-refractivity contribution >= 4 is 29.3 Å². The molecular weight excluding hydrogens is 632 g/mol. The zero-order chi connectivity index (χ0) is 33.4. The van der Waals surface area contributed by atoms with Crippen molar-refractivity contribution in [2.24, 2.45) is 5.73 Å². The van der Waals surface area contributed by atoms with Gasteiger partial charge in [-0.1, -0.05) is 41.9 Å². The molecule has 4 atom stereocenters. The second kappa shape index (κ2) is 11.3. The number of carbonyl (C=O) groups is 2. The van der Waals surface area contributed by atoms with E-state index < -0.39 is 52.0 Å². The van der Waals surface area contributed by atoms with Gasteiger partial charge in [-0.15, -0.1) is 0 Å². The van der Waals surface area contributed by atoms with Crippen molar-refractivity contribution in [3.8, 4) is 22.6 Å². The molecular formula is C35H36ClF2N3O6. The maximum Gasteiger partial charge on any atom is 0.410 e. The fourth-order valence-electron chi connectivity index (χ4n) is 7.66. The highest BCUT2D eigenvalue weighted by atomic mass is 35.5. The summed E-state index contributed by atoms with van der Waals surface area (Å²) < 4.78 is 51.2. The first kappa shape index (κ1) is 31.5. The maximum absolute atomic E-state index is 17.0. The van der Waals surface area contributed by atoms with Crippen LogP contribution in [0.25, 0.3) is 11.1 Å². The van der Waals surface area contributed by atoms with Gasteiger partial charge in [0.05, 0.1) is 28.8 Å². The molecule has 47 heavy (non-hydrogen) atoms. The number of ether oxygens (including phenoxy) is 3. The molecule has 2 amide bonds. The number of hydrogen-bond donors (Lipinski definition) is 2. The first-order valence-electron chi connectivity index (χ1n) is 15.8. The van der Waals surface area contributed by atoms with Crippen molar-refractivity contribution in [1.29, 1.82) is 0 Å². The van der Waals surface area contributed by atoms with Crippen LogP contribution in [0.15, 0.2) is 42.5 Å². The number of aliphatic hydroxyl groups is 1. The zero-order valence-electron chi connectivity index (χ0n) is 26.3. The summed E-state index contributed by atoms with van der Waals surface area (Å²) in [4.78, 5) is 29.8. The summed E-state index contributed by atoms with van der Waals surface area (Å²) in [5.41, 5.74) is 4.43. The number of nitrogens with two attached hydrogens (primary N) is 1. The zero-order valence-corrected chi connectivity index (χ0v) is 27.1. The molecule has 0 bridgehead atoms. The highest BCUT2D eigenvalue weighted by Crippen LogP contribution is 2.55. The second-order valence-electron chi connectivity index (χ2n) is 13.7. The molecule has 4 heterocycles. The SMILES string of the molecule is CC(C)(C)OC(=O)N1CCC[C@H]1[C@@]1(c2ccccc2)Cc2c(cc(F)c(Cl)c2-c2c(C(N)=O)cc3c(c2F)N2C[C@H](O)C[C@H]2CO3)O1. The summed E-state index contributed by atoms with van der Waals surface area (Å²) in [6.07, 6.45) is 0.484. The van der Waals surface area contributed by atoms with E-state index in [1.54, 1.807) is 30.6 Å². The largest absolute Gasteiger partial charge is 0.489 e. The molecule has 4 aliphatic heterocycles. The molecule has 2 saturated heterocycles. The van der Waals surface area contributed by atoms with Gasteiger partial charge in [-0.2, -0.15) is 0 Å². The molecule has 2 fully saturated rings. The van der Waals surface area contributed by atoms with Crippen LogP contribution >= 0.6 is 11.6 Å². The van der Waals surface area contributed by atoms with E-state index in [1.165, 1.54) is 6.07 Å². The number of amides is 2. The fraction of sp³-hybridized carbons (Fsp3) is 0.429. The van der Waals surface area contributed by atoms with Gasteiger partial charge >= 0.3 is 6.09 Å². The minimum Gasteiger partial charge on any atom is -0.489 e. The number of hydrogen-bond acceptors (Lipinski definition) is 7. The van der Waals surface area contributed by atoms with E-state index in [-0.39, 0.29) is 59.5 Å². The summed E-state index contributed by atoms with van der Waals surface area (Å²) in [7, 11) is 0. The van der Waals surface area contributed by atoms with Crippen LogP contribution in [0.3, 0.4) is 0 Å². The molecule has 0 spiro atoms. The molecule has 7 rings (SSSR count). The number of anilines is 1. The van der Waals surface area contributed by atoms with E-state index >= 15 is 8.78 Å². The lowest BCUT2D eigenvalue weighted by Gasteiger charge is -2.40. The highest BCUT2D eigenvalue weighted by Gasteiger charge is 2.54. The Hall–Kier alpha value is -4.09. The molecule has 12 heteroatoms. The Bertz CT molecular complexity index is 1780. The van der Waals surface area contributed by atoms with Crippen LogP contribution in [0, 0.1) is 11.6 Å². The van der Waals surface area contributed by atoms with Gasteiger partial charge in [0.25, 0.3) is 0 Å². The number of primary amides is 1. The summed E-state index contributed by atoms with van der Waals surface area (Å²) in [6.45, 7) is 6.15. The quantitative estimate of drug-likeness (QED) is 0.354. The van der Waals surface area contributed by atoms with Crippen LogP contribution in [0.4, 0.5) is 19.3 Å². The van der Waals surface area contributed by atoms with E-state index in [0.29, 0.717) is 31.4 Å². The Kier molecular flexibility index (Phi) is 7.55. The Labute approximate surface area is 276 Å². The number of nitrogens with zero attached hydrogens (tertiary/aromatic N) is 2. The van der Waals surface area contributed by atoms with Gasteiger partial charge in [0, 0.05) is 42.3 Å². The fourth-order valence-corrected chi connectivity index (χ4v) is 7.92. The van der Waals surface area contributed by atoms with Crippen molar-refractivity contribution in [3.05, 3.63) is 75.8 Å². The van der Waals surface area contributed by atoms with Crippen LogP contribution < -0.4 is 20.1 Å². The maximum atomic E-state index is 17.0. The van der Waals surface area contributed by atoms with Crippen LogP contribution in [0.1, 0.15) is 61.5 Å². The molecule has 0 unspecified atom stereocenters. The monoisotopic (exact) mass is 667 g/mol. The first-order chi connectivity index (χ1) is 22.3. The summed E-state index contributed by atoms with van der Waals surface area (Å²) in [5, 5.41) is 9.99. The molecule has 248 valence electrons. The van der Waals surface area contributed by atoms with Gasteiger partial charge in [-0.05, 0) is 51.7 Å². The Morgan fingerprint density at radius 1 is 1.13 bits per heavy atom. The smallest absolute Gasteiger partial charge is 0.410 e.